The highest BCUT2D eigenvalue weighted by Crippen LogP contribution is 2.25. The van der Waals surface area contributed by atoms with Crippen molar-refractivity contribution in [2.24, 2.45) is 7.05 Å². The van der Waals surface area contributed by atoms with Crippen LogP contribution in [0.15, 0.2) is 34.9 Å². The Labute approximate surface area is 166 Å². The van der Waals surface area contributed by atoms with E-state index in [1.54, 1.807) is 6.20 Å². The Bertz CT molecular complexity index is 904. The molecule has 1 atom stereocenters. The first-order valence-corrected chi connectivity index (χ1v) is 10.2. The first-order chi connectivity index (χ1) is 13.0. The third-order valence-electron chi connectivity index (χ3n) is 3.99. The minimum atomic E-state index is -0.329. The van der Waals surface area contributed by atoms with Crippen LogP contribution in [0, 0.1) is 13.8 Å². The summed E-state index contributed by atoms with van der Waals surface area (Å²) in [6, 6.07) is 6.04. The van der Waals surface area contributed by atoms with E-state index in [0.29, 0.717) is 22.7 Å². The van der Waals surface area contributed by atoms with Crippen molar-refractivity contribution in [3.8, 4) is 5.75 Å². The van der Waals surface area contributed by atoms with Crippen molar-refractivity contribution in [2.75, 3.05) is 5.32 Å². The van der Waals surface area contributed by atoms with E-state index in [1.807, 2.05) is 56.0 Å². The van der Waals surface area contributed by atoms with Gasteiger partial charge in [-0.15, -0.1) is 21.5 Å². The standard InChI is InChI=1S/C18H21N5O2S2/c1-11-6-5-7-12(2)15(11)25-10-14-21-22-18(23(14)4)27-13(3)16(24)20-17-19-8-9-26-17/h5-9,13H,10H2,1-4H3,(H,19,20,24)/t13-/m0/s1. The lowest BCUT2D eigenvalue weighted by Gasteiger charge is -2.12. The molecule has 142 valence electrons. The molecule has 0 unspecified atom stereocenters. The first kappa shape index (κ1) is 19.4. The van der Waals surface area contributed by atoms with E-state index < -0.39 is 0 Å². The highest BCUT2D eigenvalue weighted by atomic mass is 32.2. The largest absolute Gasteiger partial charge is 0.485 e. The Morgan fingerprint density at radius 1 is 1.33 bits per heavy atom. The van der Waals surface area contributed by atoms with Gasteiger partial charge in [0.2, 0.25) is 5.91 Å². The van der Waals surface area contributed by atoms with Crippen LogP contribution in [0.3, 0.4) is 0 Å². The Morgan fingerprint density at radius 3 is 2.74 bits per heavy atom. The summed E-state index contributed by atoms with van der Waals surface area (Å²) in [6.07, 6.45) is 1.66. The number of thioether (sulfide) groups is 1. The van der Waals surface area contributed by atoms with Crippen molar-refractivity contribution < 1.29 is 9.53 Å². The number of amides is 1. The number of thiazole rings is 1. The first-order valence-electron chi connectivity index (χ1n) is 8.40. The molecule has 0 aliphatic rings. The summed E-state index contributed by atoms with van der Waals surface area (Å²) < 4.78 is 7.80. The Kier molecular flexibility index (Phi) is 6.12. The van der Waals surface area contributed by atoms with E-state index in [-0.39, 0.29) is 11.2 Å². The van der Waals surface area contributed by atoms with Gasteiger partial charge < -0.3 is 14.6 Å². The van der Waals surface area contributed by atoms with Crippen molar-refractivity contribution in [3.63, 3.8) is 0 Å². The number of aromatic nitrogens is 4. The van der Waals surface area contributed by atoms with Crippen LogP contribution < -0.4 is 10.1 Å². The third-order valence-corrected chi connectivity index (χ3v) is 5.82. The average Bonchev–Trinajstić information content (AvgIpc) is 3.26. The fourth-order valence-corrected chi connectivity index (χ4v) is 3.81. The molecule has 1 aromatic carbocycles. The summed E-state index contributed by atoms with van der Waals surface area (Å²) in [5, 5.41) is 13.9. The van der Waals surface area contributed by atoms with Crippen molar-refractivity contribution in [1.29, 1.82) is 0 Å². The van der Waals surface area contributed by atoms with Crippen LogP contribution in [0.4, 0.5) is 5.13 Å². The molecule has 9 heteroatoms. The van der Waals surface area contributed by atoms with Crippen LogP contribution >= 0.6 is 23.1 Å². The molecule has 1 N–H and O–H groups in total. The molecule has 1 amide bonds. The molecule has 0 aliphatic heterocycles. The van der Waals surface area contributed by atoms with Crippen LogP contribution in [0.5, 0.6) is 5.75 Å². The van der Waals surface area contributed by atoms with Gasteiger partial charge in [0.15, 0.2) is 16.1 Å². The van der Waals surface area contributed by atoms with E-state index in [1.165, 1.54) is 23.1 Å². The van der Waals surface area contributed by atoms with Gasteiger partial charge in [-0.05, 0) is 31.9 Å². The van der Waals surface area contributed by atoms with E-state index in [4.69, 9.17) is 4.74 Å². The molecule has 3 rings (SSSR count). The maximum Gasteiger partial charge on any atom is 0.239 e. The van der Waals surface area contributed by atoms with Gasteiger partial charge in [0.05, 0.1) is 5.25 Å². The molecule has 0 aliphatic carbocycles. The number of rotatable bonds is 7. The van der Waals surface area contributed by atoms with Gasteiger partial charge in [-0.3, -0.25) is 4.79 Å². The lowest BCUT2D eigenvalue weighted by atomic mass is 10.1. The Balaban J connectivity index is 1.62. The number of benzene rings is 1. The predicted octanol–water partition coefficient (Wildman–Crippen LogP) is 3.59. The van der Waals surface area contributed by atoms with E-state index in [2.05, 4.69) is 20.5 Å². The summed E-state index contributed by atoms with van der Waals surface area (Å²) >= 11 is 2.73. The van der Waals surface area contributed by atoms with Crippen molar-refractivity contribution >= 4 is 34.1 Å². The molecule has 0 radical (unpaired) electrons. The zero-order valence-electron chi connectivity index (χ0n) is 15.6. The molecule has 0 saturated carbocycles. The van der Waals surface area contributed by atoms with Crippen LogP contribution in [-0.4, -0.2) is 30.9 Å². The van der Waals surface area contributed by atoms with Gasteiger partial charge in [-0.2, -0.15) is 0 Å². The van der Waals surface area contributed by atoms with E-state index in [9.17, 15) is 4.79 Å². The maximum absolute atomic E-state index is 12.3. The van der Waals surface area contributed by atoms with Crippen LogP contribution in [-0.2, 0) is 18.4 Å². The number of aryl methyl sites for hydroxylation is 2. The third kappa shape index (κ3) is 4.67. The van der Waals surface area contributed by atoms with Gasteiger partial charge in [0.25, 0.3) is 0 Å². The number of nitrogens with zero attached hydrogens (tertiary/aromatic N) is 4. The van der Waals surface area contributed by atoms with Gasteiger partial charge >= 0.3 is 0 Å². The summed E-state index contributed by atoms with van der Waals surface area (Å²) in [5.41, 5.74) is 2.17. The van der Waals surface area contributed by atoms with Crippen LogP contribution in [0.25, 0.3) is 0 Å². The summed E-state index contributed by atoms with van der Waals surface area (Å²) in [7, 11) is 1.87. The summed E-state index contributed by atoms with van der Waals surface area (Å²) in [5.74, 6) is 1.45. The average molecular weight is 404 g/mol. The molecule has 0 spiro atoms. The van der Waals surface area contributed by atoms with E-state index >= 15 is 0 Å². The zero-order chi connectivity index (χ0) is 19.4. The van der Waals surface area contributed by atoms with Crippen molar-refractivity contribution in [2.45, 2.75) is 37.8 Å². The molecule has 0 bridgehead atoms. The molecule has 2 aromatic heterocycles. The molecule has 7 nitrogen and oxygen atoms in total. The summed E-state index contributed by atoms with van der Waals surface area (Å²) in [4.78, 5) is 16.3. The molecule has 27 heavy (non-hydrogen) atoms. The number of nitrogens with one attached hydrogen (secondary N) is 1. The van der Waals surface area contributed by atoms with Crippen molar-refractivity contribution in [1.82, 2.24) is 19.7 Å². The van der Waals surface area contributed by atoms with Crippen molar-refractivity contribution in [3.05, 3.63) is 46.7 Å². The second kappa shape index (κ2) is 8.53. The van der Waals surface area contributed by atoms with Gasteiger partial charge in [0.1, 0.15) is 12.4 Å². The topological polar surface area (TPSA) is 81.9 Å². The lowest BCUT2D eigenvalue weighted by Crippen LogP contribution is -2.22. The smallest absolute Gasteiger partial charge is 0.239 e. The summed E-state index contributed by atoms with van der Waals surface area (Å²) in [6.45, 7) is 6.18. The number of hydrogen-bond acceptors (Lipinski definition) is 7. The second-order valence-electron chi connectivity index (χ2n) is 6.05. The second-order valence-corrected chi connectivity index (χ2v) is 8.26. The minimum Gasteiger partial charge on any atom is -0.485 e. The molecule has 0 fully saturated rings. The SMILES string of the molecule is Cc1cccc(C)c1OCc1nnc(S[C@@H](C)C(=O)Nc2nccs2)n1C. The highest BCUT2D eigenvalue weighted by Gasteiger charge is 2.20. The molecular weight excluding hydrogens is 382 g/mol. The molecular formula is C18H21N5O2S2. The zero-order valence-corrected chi connectivity index (χ0v) is 17.2. The number of carbonyl (C=O) groups is 1. The molecule has 0 saturated heterocycles. The fraction of sp³-hybridized carbons (Fsp3) is 0.333. The van der Waals surface area contributed by atoms with Gasteiger partial charge in [0, 0.05) is 18.6 Å². The quantitative estimate of drug-likeness (QED) is 0.607. The number of anilines is 1. The molecule has 2 heterocycles. The van der Waals surface area contributed by atoms with Crippen LogP contribution in [0.1, 0.15) is 23.9 Å². The monoisotopic (exact) mass is 403 g/mol. The number of hydrogen-bond donors (Lipinski definition) is 1. The number of para-hydroxylation sites is 1. The predicted molar refractivity (Wildman–Crippen MR) is 107 cm³/mol. The number of ether oxygens (including phenoxy) is 1. The normalized spacial score (nSPS) is 12.0. The van der Waals surface area contributed by atoms with E-state index in [0.717, 1.165) is 16.9 Å². The number of carbonyl (C=O) groups excluding carboxylic acids is 1. The minimum absolute atomic E-state index is 0.119. The Hall–Kier alpha value is -2.39. The fourth-order valence-electron chi connectivity index (χ4n) is 2.44. The Morgan fingerprint density at radius 2 is 2.07 bits per heavy atom. The lowest BCUT2D eigenvalue weighted by molar-refractivity contribution is -0.115. The van der Waals surface area contributed by atoms with Gasteiger partial charge in [-0.1, -0.05) is 30.0 Å². The maximum atomic E-state index is 12.3. The molecule has 3 aromatic rings. The van der Waals surface area contributed by atoms with Crippen LogP contribution in [0.2, 0.25) is 0 Å². The highest BCUT2D eigenvalue weighted by molar-refractivity contribution is 8.00. The van der Waals surface area contributed by atoms with Gasteiger partial charge in [-0.25, -0.2) is 4.98 Å².